The van der Waals surface area contributed by atoms with Crippen molar-refractivity contribution in [3.8, 4) is 16.9 Å². The van der Waals surface area contributed by atoms with Gasteiger partial charge in [0.15, 0.2) is 0 Å². The van der Waals surface area contributed by atoms with E-state index in [1.54, 1.807) is 6.07 Å². The lowest BCUT2D eigenvalue weighted by atomic mass is 10.1. The van der Waals surface area contributed by atoms with Crippen LogP contribution in [0.15, 0.2) is 75.9 Å². The van der Waals surface area contributed by atoms with Crippen LogP contribution in [0.4, 0.5) is 0 Å². The lowest BCUT2D eigenvalue weighted by Gasteiger charge is -2.07. The Hall–Kier alpha value is -2.81. The zero-order valence-corrected chi connectivity index (χ0v) is 12.3. The maximum atomic E-state index is 11.3. The second-order valence-electron chi connectivity index (χ2n) is 5.10. The summed E-state index contributed by atoms with van der Waals surface area (Å²) in [5.41, 5.74) is 2.82. The molecule has 0 radical (unpaired) electrons. The van der Waals surface area contributed by atoms with Gasteiger partial charge in [-0.2, -0.15) is 0 Å². The molecule has 3 heteroatoms. The minimum atomic E-state index is -0.349. The van der Waals surface area contributed by atoms with Crippen molar-refractivity contribution in [2.75, 3.05) is 0 Å². The molecule has 0 spiro atoms. The van der Waals surface area contributed by atoms with Crippen molar-refractivity contribution in [2.24, 2.45) is 0 Å². The van der Waals surface area contributed by atoms with E-state index >= 15 is 0 Å². The Balaban J connectivity index is 1.70. The molecule has 22 heavy (non-hydrogen) atoms. The van der Waals surface area contributed by atoms with E-state index in [4.69, 9.17) is 9.15 Å². The van der Waals surface area contributed by atoms with Crippen LogP contribution in [0, 0.1) is 6.92 Å². The predicted molar refractivity (Wildman–Crippen MR) is 85.9 cm³/mol. The van der Waals surface area contributed by atoms with Gasteiger partial charge in [-0.05, 0) is 41.8 Å². The van der Waals surface area contributed by atoms with E-state index in [-0.39, 0.29) is 12.2 Å². The van der Waals surface area contributed by atoms with E-state index in [1.165, 1.54) is 11.6 Å². The van der Waals surface area contributed by atoms with Gasteiger partial charge >= 0.3 is 5.63 Å². The van der Waals surface area contributed by atoms with Crippen LogP contribution in [0.5, 0.6) is 5.75 Å². The molecule has 1 heterocycles. The van der Waals surface area contributed by atoms with Crippen LogP contribution in [0.3, 0.4) is 0 Å². The van der Waals surface area contributed by atoms with Crippen LogP contribution in [0.25, 0.3) is 11.1 Å². The standard InChI is InChI=1S/C19H16O3/c1-14-11-18(22-19(20)12-14)13-21-17-9-7-16(8-10-17)15-5-3-2-4-6-15/h2-12H,13H2,1H3. The first-order chi connectivity index (χ1) is 10.7. The molecule has 0 bridgehead atoms. The highest BCUT2D eigenvalue weighted by Crippen LogP contribution is 2.22. The molecule has 3 aromatic rings. The lowest BCUT2D eigenvalue weighted by molar-refractivity contribution is 0.262. The molecule has 0 aliphatic carbocycles. The first-order valence-corrected chi connectivity index (χ1v) is 7.10. The molecule has 0 aliphatic heterocycles. The summed E-state index contributed by atoms with van der Waals surface area (Å²) >= 11 is 0. The van der Waals surface area contributed by atoms with Gasteiger partial charge in [0.1, 0.15) is 18.1 Å². The molecule has 0 fully saturated rings. The van der Waals surface area contributed by atoms with Crippen molar-refractivity contribution < 1.29 is 9.15 Å². The molecule has 0 unspecified atom stereocenters. The van der Waals surface area contributed by atoms with Crippen molar-refractivity contribution in [1.29, 1.82) is 0 Å². The summed E-state index contributed by atoms with van der Waals surface area (Å²) in [6, 6.07) is 21.3. The zero-order valence-electron chi connectivity index (χ0n) is 12.3. The molecule has 0 N–H and O–H groups in total. The second kappa shape index (κ2) is 6.31. The van der Waals surface area contributed by atoms with E-state index in [2.05, 4.69) is 12.1 Å². The average molecular weight is 292 g/mol. The van der Waals surface area contributed by atoms with Gasteiger partial charge in [0.2, 0.25) is 0 Å². The highest BCUT2D eigenvalue weighted by Gasteiger charge is 2.02. The molecule has 2 aromatic carbocycles. The Kier molecular flexibility index (Phi) is 4.05. The minimum absolute atomic E-state index is 0.238. The van der Waals surface area contributed by atoms with Gasteiger partial charge < -0.3 is 9.15 Å². The summed E-state index contributed by atoms with van der Waals surface area (Å²) in [5, 5.41) is 0. The van der Waals surface area contributed by atoms with Gasteiger partial charge in [0.05, 0.1) is 0 Å². The van der Waals surface area contributed by atoms with E-state index in [9.17, 15) is 4.79 Å². The number of hydrogen-bond acceptors (Lipinski definition) is 3. The number of rotatable bonds is 4. The topological polar surface area (TPSA) is 39.4 Å². The smallest absolute Gasteiger partial charge is 0.336 e. The number of benzene rings is 2. The molecule has 3 rings (SSSR count). The van der Waals surface area contributed by atoms with Gasteiger partial charge in [-0.3, -0.25) is 0 Å². The molecule has 0 atom stereocenters. The van der Waals surface area contributed by atoms with Crippen molar-refractivity contribution >= 4 is 0 Å². The fraction of sp³-hybridized carbons (Fsp3) is 0.105. The highest BCUT2D eigenvalue weighted by atomic mass is 16.5. The van der Waals surface area contributed by atoms with Crippen LogP contribution in [0.2, 0.25) is 0 Å². The Morgan fingerprint density at radius 1 is 0.909 bits per heavy atom. The quantitative estimate of drug-likeness (QED) is 0.723. The van der Waals surface area contributed by atoms with Crippen molar-refractivity contribution in [3.63, 3.8) is 0 Å². The summed E-state index contributed by atoms with van der Waals surface area (Å²) in [7, 11) is 0. The van der Waals surface area contributed by atoms with Crippen LogP contribution < -0.4 is 10.4 Å². The number of aryl methyl sites for hydroxylation is 1. The van der Waals surface area contributed by atoms with Gasteiger partial charge in [-0.25, -0.2) is 4.79 Å². The van der Waals surface area contributed by atoms with Gasteiger partial charge in [0, 0.05) is 6.07 Å². The van der Waals surface area contributed by atoms with Crippen molar-refractivity contribution in [1.82, 2.24) is 0 Å². The number of hydrogen-bond donors (Lipinski definition) is 0. The molecule has 3 nitrogen and oxygen atoms in total. The molecule has 0 saturated carbocycles. The third-order valence-electron chi connectivity index (χ3n) is 3.31. The molecule has 1 aromatic heterocycles. The van der Waals surface area contributed by atoms with Gasteiger partial charge in [-0.1, -0.05) is 42.5 Å². The van der Waals surface area contributed by atoms with Crippen LogP contribution in [-0.2, 0) is 6.61 Å². The van der Waals surface area contributed by atoms with Gasteiger partial charge in [0.25, 0.3) is 0 Å². The summed E-state index contributed by atoms with van der Waals surface area (Å²) in [4.78, 5) is 11.3. The predicted octanol–water partition coefficient (Wildman–Crippen LogP) is 4.19. The average Bonchev–Trinajstić information content (AvgIpc) is 2.53. The first kappa shape index (κ1) is 14.1. The fourth-order valence-corrected chi connectivity index (χ4v) is 2.27. The maximum absolute atomic E-state index is 11.3. The summed E-state index contributed by atoms with van der Waals surface area (Å²) in [5.74, 6) is 1.26. The molecular formula is C19H16O3. The lowest BCUT2D eigenvalue weighted by Crippen LogP contribution is -2.03. The van der Waals surface area contributed by atoms with Crippen molar-refractivity contribution in [2.45, 2.75) is 13.5 Å². The van der Waals surface area contributed by atoms with Crippen LogP contribution in [0.1, 0.15) is 11.3 Å². The Labute approximate surface area is 128 Å². The fourth-order valence-electron chi connectivity index (χ4n) is 2.27. The van der Waals surface area contributed by atoms with Gasteiger partial charge in [-0.15, -0.1) is 0 Å². The minimum Gasteiger partial charge on any atom is -0.486 e. The van der Waals surface area contributed by atoms with Crippen molar-refractivity contribution in [3.05, 3.63) is 88.5 Å². The van der Waals surface area contributed by atoms with E-state index < -0.39 is 0 Å². The molecule has 0 aliphatic rings. The summed E-state index contributed by atoms with van der Waals surface area (Å²) in [6.07, 6.45) is 0. The first-order valence-electron chi connectivity index (χ1n) is 7.10. The Morgan fingerprint density at radius 3 is 2.27 bits per heavy atom. The zero-order chi connectivity index (χ0) is 15.4. The molecule has 0 saturated heterocycles. The molecule has 0 amide bonds. The molecule has 110 valence electrons. The van der Waals surface area contributed by atoms with Crippen LogP contribution in [-0.4, -0.2) is 0 Å². The third-order valence-corrected chi connectivity index (χ3v) is 3.31. The summed E-state index contributed by atoms with van der Waals surface area (Å²) < 4.78 is 10.8. The van der Waals surface area contributed by atoms with Crippen LogP contribution >= 0.6 is 0 Å². The van der Waals surface area contributed by atoms with E-state index in [0.717, 1.165) is 16.9 Å². The monoisotopic (exact) mass is 292 g/mol. The highest BCUT2D eigenvalue weighted by molar-refractivity contribution is 5.63. The largest absolute Gasteiger partial charge is 0.486 e. The third kappa shape index (κ3) is 3.44. The maximum Gasteiger partial charge on any atom is 0.336 e. The van der Waals surface area contributed by atoms with E-state index in [0.29, 0.717) is 5.76 Å². The Bertz CT molecular complexity index is 802. The molecular weight excluding hydrogens is 276 g/mol. The summed E-state index contributed by atoms with van der Waals surface area (Å²) in [6.45, 7) is 2.09. The second-order valence-corrected chi connectivity index (χ2v) is 5.10. The Morgan fingerprint density at radius 2 is 1.59 bits per heavy atom. The number of ether oxygens (including phenoxy) is 1. The van der Waals surface area contributed by atoms with E-state index in [1.807, 2.05) is 49.4 Å². The normalized spacial score (nSPS) is 10.4. The SMILES string of the molecule is Cc1cc(COc2ccc(-c3ccccc3)cc2)oc(=O)c1.